The van der Waals surface area contributed by atoms with Gasteiger partial charge in [-0.05, 0) is 37.6 Å². The molecule has 0 saturated carbocycles. The summed E-state index contributed by atoms with van der Waals surface area (Å²) < 4.78 is 18.6. The lowest BCUT2D eigenvalue weighted by atomic mass is 10.2. The Balaban J connectivity index is 1.71. The third-order valence-electron chi connectivity index (χ3n) is 5.94. The van der Waals surface area contributed by atoms with Crippen LogP contribution in [0, 0.1) is 12.7 Å². The van der Waals surface area contributed by atoms with Gasteiger partial charge in [0.15, 0.2) is 11.2 Å². The maximum Gasteiger partial charge on any atom is 0.332 e. The van der Waals surface area contributed by atoms with Crippen LogP contribution in [0.2, 0.25) is 5.02 Å². The summed E-state index contributed by atoms with van der Waals surface area (Å²) in [7, 11) is 1.57. The van der Waals surface area contributed by atoms with E-state index in [1.54, 1.807) is 7.05 Å². The van der Waals surface area contributed by atoms with Crippen LogP contribution in [0.3, 0.4) is 0 Å². The maximum absolute atomic E-state index is 14.4. The minimum Gasteiger partial charge on any atom is -0.312 e. The largest absolute Gasteiger partial charge is 0.332 e. The van der Waals surface area contributed by atoms with Crippen LogP contribution >= 0.6 is 11.6 Å². The Labute approximate surface area is 187 Å². The van der Waals surface area contributed by atoms with E-state index in [4.69, 9.17) is 11.6 Å². The van der Waals surface area contributed by atoms with Crippen molar-refractivity contribution in [3.63, 3.8) is 0 Å². The molecule has 0 unspecified atom stereocenters. The maximum atomic E-state index is 14.4. The number of fused-ring (bicyclic) bond motifs is 3. The Morgan fingerprint density at radius 3 is 2.56 bits per heavy atom. The fourth-order valence-electron chi connectivity index (χ4n) is 4.22. The smallest absolute Gasteiger partial charge is 0.312 e. The predicted molar refractivity (Wildman–Crippen MR) is 123 cm³/mol. The second-order valence-electron chi connectivity index (χ2n) is 8.01. The van der Waals surface area contributed by atoms with Crippen LogP contribution in [-0.4, -0.2) is 25.2 Å². The highest BCUT2D eigenvalue weighted by Crippen LogP contribution is 2.31. The molecule has 1 aliphatic rings. The highest BCUT2D eigenvalue weighted by atomic mass is 35.5. The van der Waals surface area contributed by atoms with E-state index in [2.05, 4.69) is 4.98 Å². The van der Waals surface area contributed by atoms with Gasteiger partial charge in [-0.1, -0.05) is 35.4 Å². The molecule has 7 nitrogen and oxygen atoms in total. The van der Waals surface area contributed by atoms with Crippen molar-refractivity contribution in [3.8, 4) is 0 Å². The molecule has 0 bridgehead atoms. The van der Waals surface area contributed by atoms with Gasteiger partial charge in [-0.2, -0.15) is 4.98 Å². The van der Waals surface area contributed by atoms with E-state index < -0.39 is 17.1 Å². The number of halogens is 2. The number of aromatic nitrogens is 4. The zero-order valence-electron chi connectivity index (χ0n) is 17.7. The molecular formula is C23H21ClFN5O2. The Morgan fingerprint density at radius 2 is 1.84 bits per heavy atom. The third kappa shape index (κ3) is 3.14. The third-order valence-corrected chi connectivity index (χ3v) is 6.29. The number of hydrogen-bond donors (Lipinski definition) is 0. The van der Waals surface area contributed by atoms with Crippen molar-refractivity contribution < 1.29 is 4.39 Å². The molecule has 0 N–H and O–H groups in total. The molecule has 164 valence electrons. The molecule has 32 heavy (non-hydrogen) atoms. The van der Waals surface area contributed by atoms with Crippen LogP contribution < -0.4 is 16.1 Å². The normalized spacial score (nSPS) is 13.6. The van der Waals surface area contributed by atoms with E-state index in [1.165, 1.54) is 22.8 Å². The topological polar surface area (TPSA) is 65.1 Å². The van der Waals surface area contributed by atoms with E-state index >= 15 is 0 Å². The van der Waals surface area contributed by atoms with Crippen molar-refractivity contribution in [1.29, 1.82) is 0 Å². The fraction of sp³-hybridized carbons (Fsp3) is 0.261. The number of aryl methyl sites for hydroxylation is 3. The van der Waals surface area contributed by atoms with Crippen LogP contribution in [0.25, 0.3) is 11.2 Å². The molecule has 0 atom stereocenters. The summed E-state index contributed by atoms with van der Waals surface area (Å²) in [5.41, 5.74) is 1.78. The lowest BCUT2D eigenvalue weighted by Crippen LogP contribution is -2.40. The van der Waals surface area contributed by atoms with Gasteiger partial charge in [0.2, 0.25) is 5.95 Å². The number of imidazole rings is 1. The predicted octanol–water partition coefficient (Wildman–Crippen LogP) is 3.59. The average molecular weight is 454 g/mol. The van der Waals surface area contributed by atoms with E-state index in [9.17, 15) is 14.0 Å². The summed E-state index contributed by atoms with van der Waals surface area (Å²) in [6.45, 7) is 3.12. The van der Waals surface area contributed by atoms with E-state index in [1.807, 2.05) is 40.7 Å². The van der Waals surface area contributed by atoms with Crippen LogP contribution in [0.1, 0.15) is 17.5 Å². The van der Waals surface area contributed by atoms with E-state index in [0.717, 1.165) is 28.8 Å². The number of nitrogens with zero attached hydrogens (tertiary/aromatic N) is 5. The lowest BCUT2D eigenvalue weighted by molar-refractivity contribution is 0.578. The van der Waals surface area contributed by atoms with Gasteiger partial charge in [-0.25, -0.2) is 9.18 Å². The summed E-state index contributed by atoms with van der Waals surface area (Å²) >= 11 is 6.15. The number of anilines is 2. The standard InChI is InChI=1S/C23H21ClFN5O2/c1-14-7-9-15(10-8-14)28-11-4-12-29-19-20(26-22(28)29)27(2)23(32)30(21(19)31)13-16-17(24)5-3-6-18(16)25/h3,5-10H,4,11-13H2,1-2H3. The SMILES string of the molecule is Cc1ccc(N2CCCn3c2nc2c3c(=O)n(Cc3c(F)cccc3Cl)c(=O)n2C)cc1. The number of benzene rings is 2. The zero-order valence-corrected chi connectivity index (χ0v) is 18.4. The number of hydrogen-bond acceptors (Lipinski definition) is 4. The summed E-state index contributed by atoms with van der Waals surface area (Å²) in [6, 6.07) is 12.4. The van der Waals surface area contributed by atoms with Gasteiger partial charge in [0, 0.05) is 36.4 Å². The monoisotopic (exact) mass is 453 g/mol. The van der Waals surface area contributed by atoms with Gasteiger partial charge in [0.25, 0.3) is 5.56 Å². The van der Waals surface area contributed by atoms with Crippen LogP contribution in [0.15, 0.2) is 52.1 Å². The Bertz CT molecular complexity index is 1450. The summed E-state index contributed by atoms with van der Waals surface area (Å²) in [6.07, 6.45) is 0.813. The molecule has 0 saturated heterocycles. The highest BCUT2D eigenvalue weighted by molar-refractivity contribution is 6.31. The van der Waals surface area contributed by atoms with Crippen LogP contribution in [-0.2, 0) is 20.1 Å². The van der Waals surface area contributed by atoms with Gasteiger partial charge in [-0.15, -0.1) is 0 Å². The molecular weight excluding hydrogens is 433 g/mol. The second-order valence-corrected chi connectivity index (χ2v) is 8.42. The quantitative estimate of drug-likeness (QED) is 0.475. The molecule has 2 aromatic carbocycles. The van der Waals surface area contributed by atoms with Crippen molar-refractivity contribution in [1.82, 2.24) is 18.7 Å². The Hall–Kier alpha value is -3.39. The van der Waals surface area contributed by atoms with Gasteiger partial charge in [0.05, 0.1) is 6.54 Å². The van der Waals surface area contributed by atoms with Gasteiger partial charge in [0.1, 0.15) is 5.82 Å². The molecule has 3 heterocycles. The molecule has 5 rings (SSSR count). The molecule has 9 heteroatoms. The first-order valence-electron chi connectivity index (χ1n) is 10.3. The van der Waals surface area contributed by atoms with Crippen molar-refractivity contribution in [2.24, 2.45) is 7.05 Å². The summed E-state index contributed by atoms with van der Waals surface area (Å²) in [5.74, 6) is 0.0521. The minimum absolute atomic E-state index is 0.104. The van der Waals surface area contributed by atoms with E-state index in [0.29, 0.717) is 23.7 Å². The van der Waals surface area contributed by atoms with Gasteiger partial charge in [-0.3, -0.25) is 13.9 Å². The van der Waals surface area contributed by atoms with Crippen molar-refractivity contribution in [2.75, 3.05) is 11.4 Å². The molecule has 0 fully saturated rings. The first-order valence-corrected chi connectivity index (χ1v) is 10.7. The fourth-order valence-corrected chi connectivity index (χ4v) is 4.44. The molecule has 0 spiro atoms. The average Bonchev–Trinajstić information content (AvgIpc) is 3.17. The molecule has 0 aliphatic carbocycles. The molecule has 0 amide bonds. The molecule has 2 aromatic heterocycles. The highest BCUT2D eigenvalue weighted by Gasteiger charge is 2.27. The Kier molecular flexibility index (Phi) is 4.89. The van der Waals surface area contributed by atoms with Crippen molar-refractivity contribution in [2.45, 2.75) is 26.4 Å². The van der Waals surface area contributed by atoms with Crippen LogP contribution in [0.5, 0.6) is 0 Å². The van der Waals surface area contributed by atoms with E-state index in [-0.39, 0.29) is 17.1 Å². The summed E-state index contributed by atoms with van der Waals surface area (Å²) in [4.78, 5) is 33.2. The molecule has 1 aliphatic heterocycles. The summed E-state index contributed by atoms with van der Waals surface area (Å²) in [5, 5.41) is 0.167. The lowest BCUT2D eigenvalue weighted by Gasteiger charge is -2.29. The Morgan fingerprint density at radius 1 is 1.09 bits per heavy atom. The minimum atomic E-state index is -0.570. The van der Waals surface area contributed by atoms with Gasteiger partial charge < -0.3 is 9.47 Å². The molecule has 4 aromatic rings. The molecule has 0 radical (unpaired) electrons. The van der Waals surface area contributed by atoms with Crippen LogP contribution in [0.4, 0.5) is 16.0 Å². The first-order chi connectivity index (χ1) is 15.4. The second kappa shape index (κ2) is 7.63. The number of rotatable bonds is 3. The van der Waals surface area contributed by atoms with Crippen molar-refractivity contribution >= 4 is 34.4 Å². The first kappa shape index (κ1) is 20.5. The zero-order chi connectivity index (χ0) is 22.6. The van der Waals surface area contributed by atoms with Gasteiger partial charge >= 0.3 is 5.69 Å². The van der Waals surface area contributed by atoms with Crippen molar-refractivity contribution in [3.05, 3.63) is 85.3 Å².